The van der Waals surface area contributed by atoms with Crippen LogP contribution in [0.15, 0.2) is 146 Å². The number of carbonyl (C=O) groups is 2. The van der Waals surface area contributed by atoms with Gasteiger partial charge >= 0.3 is 11.9 Å². The molecule has 496 valence electrons. The molecule has 0 aromatic rings. The van der Waals surface area contributed by atoms with E-state index in [0.29, 0.717) is 12.8 Å². The normalized spacial score (nSPS) is 13.1. The van der Waals surface area contributed by atoms with E-state index in [1.165, 1.54) is 186 Å². The van der Waals surface area contributed by atoms with Crippen LogP contribution in [0.1, 0.15) is 341 Å². The third-order valence-corrected chi connectivity index (χ3v) is 15.9. The topological polar surface area (TPSA) is 72.8 Å². The lowest BCUT2D eigenvalue weighted by Crippen LogP contribution is -2.28. The number of aliphatic hydroxyl groups is 1. The van der Waals surface area contributed by atoms with Gasteiger partial charge in [-0.25, -0.2) is 0 Å². The van der Waals surface area contributed by atoms with E-state index in [1.807, 2.05) is 0 Å². The van der Waals surface area contributed by atoms with Gasteiger partial charge in [-0.05, 0) is 103 Å². The van der Waals surface area contributed by atoms with Crippen LogP contribution in [0, 0.1) is 0 Å². The highest BCUT2D eigenvalue weighted by molar-refractivity contribution is 5.70. The molecule has 0 rings (SSSR count). The molecule has 1 unspecified atom stereocenters. The van der Waals surface area contributed by atoms with Gasteiger partial charge in [-0.2, -0.15) is 0 Å². The van der Waals surface area contributed by atoms with Gasteiger partial charge in [0, 0.05) is 12.8 Å². The summed E-state index contributed by atoms with van der Waals surface area (Å²) in [6, 6.07) is 0. The second-order valence-corrected chi connectivity index (χ2v) is 24.3. The Morgan fingerprint density at radius 3 is 0.747 bits per heavy atom. The number of aliphatic hydroxyl groups excluding tert-OH is 1. The smallest absolute Gasteiger partial charge is 0.306 e. The number of hydrogen-bond donors (Lipinski definition) is 1. The van der Waals surface area contributed by atoms with Gasteiger partial charge in [-0.15, -0.1) is 0 Å². The minimum Gasteiger partial charge on any atom is -0.462 e. The maximum Gasteiger partial charge on any atom is 0.306 e. The van der Waals surface area contributed by atoms with Crippen LogP contribution in [-0.4, -0.2) is 36.4 Å². The number of unbranched alkanes of at least 4 members (excludes halogenated alkanes) is 35. The maximum absolute atomic E-state index is 12.4. The molecule has 0 radical (unpaired) electrons. The van der Waals surface area contributed by atoms with Gasteiger partial charge < -0.3 is 14.6 Å². The van der Waals surface area contributed by atoms with E-state index in [9.17, 15) is 14.7 Å². The Kier molecular flexibility index (Phi) is 72.3. The van der Waals surface area contributed by atoms with E-state index in [1.54, 1.807) is 0 Å². The minimum atomic E-state index is -0.796. The number of rotatable bonds is 67. The average molecular weight is 1200 g/mol. The first-order valence-corrected chi connectivity index (χ1v) is 36.9. The number of esters is 2. The van der Waals surface area contributed by atoms with Crippen LogP contribution in [-0.2, 0) is 19.1 Å². The summed E-state index contributed by atoms with van der Waals surface area (Å²) >= 11 is 0. The summed E-state index contributed by atoms with van der Waals surface area (Å²) in [7, 11) is 0. The summed E-state index contributed by atoms with van der Waals surface area (Å²) in [5, 5.41) is 9.71. The SMILES string of the molecule is CC/C=C\C/C=C\C/C=C\C/C=C\C/C=C\C/C=C\C/C=C\C/C=C\C/C=C\C/C=C\C/C=C\C/C=C\CCCCCCC(=O)OC(CO)COC(=O)CCCCCCCCCCCCCCCCCCCCCCCCCCCCCCCCCC. The quantitative estimate of drug-likeness (QED) is 0.0373. The number of allylic oxidation sites excluding steroid dienone is 24. The van der Waals surface area contributed by atoms with Crippen molar-refractivity contribution in [3.05, 3.63) is 146 Å². The lowest BCUT2D eigenvalue weighted by molar-refractivity contribution is -0.161. The van der Waals surface area contributed by atoms with Crippen molar-refractivity contribution in [1.82, 2.24) is 0 Å². The fourth-order valence-corrected chi connectivity index (χ4v) is 10.4. The minimum absolute atomic E-state index is 0.0810. The van der Waals surface area contributed by atoms with Gasteiger partial charge in [-0.3, -0.25) is 9.59 Å². The molecule has 0 aromatic heterocycles. The van der Waals surface area contributed by atoms with Crippen LogP contribution in [0.25, 0.3) is 0 Å². The van der Waals surface area contributed by atoms with Crippen molar-refractivity contribution in [2.75, 3.05) is 13.2 Å². The molecular formula is C82H138O5. The van der Waals surface area contributed by atoms with E-state index in [4.69, 9.17) is 9.47 Å². The molecule has 0 saturated carbocycles. The molecule has 5 nitrogen and oxygen atoms in total. The second kappa shape index (κ2) is 76.0. The van der Waals surface area contributed by atoms with Crippen molar-refractivity contribution >= 4 is 11.9 Å². The summed E-state index contributed by atoms with van der Waals surface area (Å²) in [6.45, 7) is 4.04. The van der Waals surface area contributed by atoms with Gasteiger partial charge in [0.05, 0.1) is 6.61 Å². The Balaban J connectivity index is 3.57. The average Bonchev–Trinajstić information content (AvgIpc) is 3.53. The fraction of sp³-hybridized carbons (Fsp3) is 0.683. The summed E-state index contributed by atoms with van der Waals surface area (Å²) in [6.07, 6.45) is 115. The summed E-state index contributed by atoms with van der Waals surface area (Å²) in [4.78, 5) is 24.7. The van der Waals surface area contributed by atoms with Crippen molar-refractivity contribution in [3.8, 4) is 0 Å². The lowest BCUT2D eigenvalue weighted by Gasteiger charge is -2.15. The zero-order valence-corrected chi connectivity index (χ0v) is 57.0. The molecule has 87 heavy (non-hydrogen) atoms. The fourth-order valence-electron chi connectivity index (χ4n) is 10.4. The van der Waals surface area contributed by atoms with Crippen LogP contribution >= 0.6 is 0 Å². The summed E-state index contributed by atoms with van der Waals surface area (Å²) < 4.78 is 10.7. The Bertz CT molecular complexity index is 1800. The van der Waals surface area contributed by atoms with Crippen molar-refractivity contribution in [2.24, 2.45) is 0 Å². The highest BCUT2D eigenvalue weighted by atomic mass is 16.6. The molecule has 1 N–H and O–H groups in total. The molecule has 5 heteroatoms. The van der Waals surface area contributed by atoms with E-state index in [0.717, 1.165) is 128 Å². The zero-order chi connectivity index (χ0) is 62.6. The van der Waals surface area contributed by atoms with Gasteiger partial charge in [0.2, 0.25) is 0 Å². The van der Waals surface area contributed by atoms with Gasteiger partial charge in [0.25, 0.3) is 0 Å². The highest BCUT2D eigenvalue weighted by Crippen LogP contribution is 2.18. The van der Waals surface area contributed by atoms with Crippen LogP contribution in [0.5, 0.6) is 0 Å². The molecule has 0 spiro atoms. The van der Waals surface area contributed by atoms with Gasteiger partial charge in [-0.1, -0.05) is 372 Å². The lowest BCUT2D eigenvalue weighted by atomic mass is 10.0. The number of hydrogen-bond acceptors (Lipinski definition) is 5. The van der Waals surface area contributed by atoms with Crippen molar-refractivity contribution in [2.45, 2.75) is 347 Å². The Morgan fingerprint density at radius 1 is 0.276 bits per heavy atom. The van der Waals surface area contributed by atoms with Crippen LogP contribution in [0.2, 0.25) is 0 Å². The third-order valence-electron chi connectivity index (χ3n) is 15.9. The van der Waals surface area contributed by atoms with Crippen LogP contribution in [0.4, 0.5) is 0 Å². The molecule has 0 aliphatic heterocycles. The summed E-state index contributed by atoms with van der Waals surface area (Å²) in [5.74, 6) is -0.615. The molecule has 0 amide bonds. The molecule has 0 aromatic carbocycles. The van der Waals surface area contributed by atoms with Crippen LogP contribution < -0.4 is 0 Å². The van der Waals surface area contributed by atoms with E-state index in [-0.39, 0.29) is 25.2 Å². The summed E-state index contributed by atoms with van der Waals surface area (Å²) in [5.41, 5.74) is 0. The van der Waals surface area contributed by atoms with Crippen molar-refractivity contribution in [3.63, 3.8) is 0 Å². The second-order valence-electron chi connectivity index (χ2n) is 24.3. The predicted octanol–water partition coefficient (Wildman–Crippen LogP) is 26.0. The van der Waals surface area contributed by atoms with E-state index >= 15 is 0 Å². The zero-order valence-electron chi connectivity index (χ0n) is 57.0. The number of ether oxygens (including phenoxy) is 2. The largest absolute Gasteiger partial charge is 0.462 e. The Morgan fingerprint density at radius 2 is 0.494 bits per heavy atom. The molecule has 0 aliphatic rings. The molecule has 0 bridgehead atoms. The number of carbonyl (C=O) groups excluding carboxylic acids is 2. The first kappa shape index (κ1) is 82.8. The molecule has 0 aliphatic carbocycles. The highest BCUT2D eigenvalue weighted by Gasteiger charge is 2.16. The first-order valence-electron chi connectivity index (χ1n) is 36.9. The van der Waals surface area contributed by atoms with Crippen molar-refractivity contribution < 1.29 is 24.2 Å². The van der Waals surface area contributed by atoms with Crippen molar-refractivity contribution in [1.29, 1.82) is 0 Å². The Labute approximate surface area is 539 Å². The van der Waals surface area contributed by atoms with E-state index < -0.39 is 6.10 Å². The molecule has 0 saturated heterocycles. The van der Waals surface area contributed by atoms with Gasteiger partial charge in [0.1, 0.15) is 6.61 Å². The van der Waals surface area contributed by atoms with E-state index in [2.05, 4.69) is 160 Å². The molecule has 1 atom stereocenters. The third kappa shape index (κ3) is 74.2. The standard InChI is InChI=1S/C82H138O5/c1-3-5-7-9-11-13-15-17-19-21-23-25-27-29-31-33-35-37-38-39-40-41-42-43-44-45-47-49-51-53-55-57-59-61-63-65-67-69-71-73-75-77-82(85)87-80(78-83)79-86-81(84)76-74-72-70-68-66-64-62-60-58-56-54-52-50-48-46-36-34-32-30-28-26-24-22-20-18-16-14-12-10-8-6-4-2/h5,7,11,13,17,19,23,25,29,31,35,37,39-40,42-43,45,47,51,53,57,59,63,65,80,83H,3-4,6,8-10,12,14-16,18,20-22,24,26-28,30,32-34,36,38,41,44,46,48-50,52,54-56,58,60-62,64,66-79H2,1-2H3/b7-5-,13-11-,19-17-,25-23-,31-29-,37-35-,40-39-,43-42-,47-45-,53-51-,59-57-,65-63-. The van der Waals surface area contributed by atoms with Gasteiger partial charge in [0.15, 0.2) is 6.10 Å². The monoisotopic (exact) mass is 1200 g/mol. The molecular weight excluding hydrogens is 1060 g/mol. The molecule has 0 fully saturated rings. The van der Waals surface area contributed by atoms with Crippen LogP contribution in [0.3, 0.4) is 0 Å². The molecule has 0 heterocycles. The maximum atomic E-state index is 12.4. The Hall–Kier alpha value is -4.22. The predicted molar refractivity (Wildman–Crippen MR) is 384 cm³/mol. The first-order chi connectivity index (χ1) is 43.1.